The summed E-state index contributed by atoms with van der Waals surface area (Å²) >= 11 is 0. The molecule has 0 aromatic heterocycles. The fraction of sp³-hybridized carbons (Fsp3) is 0.914. The zero-order valence-corrected chi connectivity index (χ0v) is 29.3. The van der Waals surface area contributed by atoms with Crippen molar-refractivity contribution in [2.75, 3.05) is 46.4 Å². The molecule has 244 valence electrons. The van der Waals surface area contributed by atoms with Crippen LogP contribution in [0.5, 0.6) is 0 Å². The van der Waals surface area contributed by atoms with Gasteiger partial charge in [-0.3, -0.25) is 0 Å². The fourth-order valence-corrected chi connectivity index (χ4v) is 10.2. The molecule has 0 saturated heterocycles. The Morgan fingerprint density at radius 3 is 2.40 bits per heavy atom. The number of allylic oxidation sites excluding steroid dienone is 1. The molecule has 3 saturated carbocycles. The number of carbonyl (C=O) groups is 1. The molecular formula is C35H63BrN2O4. The summed E-state index contributed by atoms with van der Waals surface area (Å²) in [5, 5.41) is 21.7. The lowest BCUT2D eigenvalue weighted by atomic mass is 9.47. The van der Waals surface area contributed by atoms with E-state index in [9.17, 15) is 15.0 Å². The number of nitrogens with one attached hydrogen (secondary N) is 1. The molecule has 0 heterocycles. The van der Waals surface area contributed by atoms with Crippen LogP contribution in [0.4, 0.5) is 4.79 Å². The lowest BCUT2D eigenvalue weighted by Gasteiger charge is -2.58. The highest BCUT2D eigenvalue weighted by molar-refractivity contribution is 5.67. The van der Waals surface area contributed by atoms with Gasteiger partial charge in [0.2, 0.25) is 0 Å². The zero-order valence-electron chi connectivity index (χ0n) is 27.7. The molecule has 8 atom stereocenters. The van der Waals surface area contributed by atoms with Crippen molar-refractivity contribution in [2.45, 2.75) is 111 Å². The van der Waals surface area contributed by atoms with Crippen molar-refractivity contribution in [2.24, 2.45) is 46.3 Å². The number of aliphatic hydroxyl groups is 2. The Balaban J connectivity index is 0.00000484. The monoisotopic (exact) mass is 654 g/mol. The smallest absolute Gasteiger partial charge is 0.407 e. The van der Waals surface area contributed by atoms with Gasteiger partial charge in [-0.15, -0.1) is 0 Å². The number of ether oxygens (including phenoxy) is 1. The molecule has 0 aromatic rings. The summed E-state index contributed by atoms with van der Waals surface area (Å²) in [5.41, 5.74) is 2.33. The highest BCUT2D eigenvalue weighted by Crippen LogP contribution is 2.67. The van der Waals surface area contributed by atoms with Crippen LogP contribution in [0, 0.1) is 46.3 Å². The summed E-state index contributed by atoms with van der Waals surface area (Å²) in [4.78, 5) is 12.7. The molecule has 0 aliphatic heterocycles. The number of aliphatic hydroxyl groups excluding tert-OH is 2. The van der Waals surface area contributed by atoms with Crippen molar-refractivity contribution in [1.82, 2.24) is 5.32 Å². The summed E-state index contributed by atoms with van der Waals surface area (Å²) in [5.74, 6) is 5.03. The molecule has 0 bridgehead atoms. The SMILES string of the molecule is CC(C)CCC[C@@H](C)[C@H]1CCC2C3CC=C4CC(OC(=O)NCC[N+](C)(CCO)CCO)CC[C@]4(C)C3CC[C@@]21C.[Br-]. The summed E-state index contributed by atoms with van der Waals surface area (Å²) in [6, 6.07) is 0. The standard InChI is InChI=1S/C35H62N2O4.BrH/c1-25(2)8-7-9-26(3)30-12-13-31-29-11-10-27-24-28(14-16-34(27,4)32(29)15-17-35(30,31)5)41-33(40)36-18-19-37(6,20-22-38)21-23-39;/h10,25-26,28-32,38-39H,7-9,11-24H2,1-6H3;1H/t26-,28?,29?,30-,31?,32?,34+,35-;/m1./s1. The van der Waals surface area contributed by atoms with Crippen LogP contribution in [-0.4, -0.2) is 73.3 Å². The first-order valence-electron chi connectivity index (χ1n) is 17.1. The van der Waals surface area contributed by atoms with E-state index in [2.05, 4.69) is 46.0 Å². The molecule has 4 unspecified atom stereocenters. The summed E-state index contributed by atoms with van der Waals surface area (Å²) in [7, 11) is 2.00. The number of quaternary nitrogens is 1. The van der Waals surface area contributed by atoms with E-state index in [1.54, 1.807) is 5.57 Å². The van der Waals surface area contributed by atoms with Gasteiger partial charge in [-0.1, -0.05) is 65.5 Å². The van der Waals surface area contributed by atoms with Gasteiger partial charge in [-0.25, -0.2) is 4.79 Å². The van der Waals surface area contributed by atoms with Crippen LogP contribution in [0.15, 0.2) is 11.6 Å². The first kappa shape index (κ1) is 35.8. The number of halogens is 1. The molecule has 4 aliphatic carbocycles. The molecular weight excluding hydrogens is 592 g/mol. The van der Waals surface area contributed by atoms with Gasteiger partial charge in [0.1, 0.15) is 19.2 Å². The average Bonchev–Trinajstić information content (AvgIpc) is 3.26. The minimum atomic E-state index is -0.333. The largest absolute Gasteiger partial charge is 1.00 e. The average molecular weight is 656 g/mol. The predicted octanol–water partition coefficient (Wildman–Crippen LogP) is 3.56. The van der Waals surface area contributed by atoms with E-state index in [1.807, 2.05) is 7.05 Å². The van der Waals surface area contributed by atoms with Gasteiger partial charge >= 0.3 is 6.09 Å². The van der Waals surface area contributed by atoms with Gasteiger partial charge in [0.05, 0.1) is 33.4 Å². The highest BCUT2D eigenvalue weighted by Gasteiger charge is 2.59. The number of hydrogen-bond acceptors (Lipinski definition) is 4. The van der Waals surface area contributed by atoms with Crippen molar-refractivity contribution in [3.05, 3.63) is 11.6 Å². The lowest BCUT2D eigenvalue weighted by molar-refractivity contribution is -0.908. The van der Waals surface area contributed by atoms with E-state index in [-0.39, 0.29) is 47.8 Å². The van der Waals surface area contributed by atoms with Crippen molar-refractivity contribution >= 4 is 6.09 Å². The second kappa shape index (κ2) is 15.1. The van der Waals surface area contributed by atoms with Crippen LogP contribution in [-0.2, 0) is 4.74 Å². The van der Waals surface area contributed by atoms with Crippen LogP contribution in [0.25, 0.3) is 0 Å². The molecule has 0 radical (unpaired) electrons. The highest BCUT2D eigenvalue weighted by atomic mass is 79.9. The van der Waals surface area contributed by atoms with Gasteiger partial charge < -0.3 is 41.7 Å². The van der Waals surface area contributed by atoms with Crippen LogP contribution in [0.2, 0.25) is 0 Å². The van der Waals surface area contributed by atoms with E-state index in [1.165, 1.54) is 51.4 Å². The quantitative estimate of drug-likeness (QED) is 0.210. The van der Waals surface area contributed by atoms with Crippen LogP contribution in [0.3, 0.4) is 0 Å². The zero-order chi connectivity index (χ0) is 29.8. The second-order valence-corrected chi connectivity index (χ2v) is 15.7. The third-order valence-electron chi connectivity index (χ3n) is 12.7. The third-order valence-corrected chi connectivity index (χ3v) is 12.7. The normalized spacial score (nSPS) is 34.9. The van der Waals surface area contributed by atoms with Crippen molar-refractivity contribution in [3.63, 3.8) is 0 Å². The Kier molecular flexibility index (Phi) is 12.9. The molecule has 0 aromatic carbocycles. The van der Waals surface area contributed by atoms with Crippen LogP contribution in [0.1, 0.15) is 105 Å². The molecule has 0 spiro atoms. The molecule has 6 nitrogen and oxygen atoms in total. The van der Waals surface area contributed by atoms with Crippen molar-refractivity contribution in [3.8, 4) is 0 Å². The topological polar surface area (TPSA) is 78.8 Å². The number of rotatable bonds is 13. The number of likely N-dealkylation sites (N-methyl/N-ethyl adjacent to an activating group) is 1. The van der Waals surface area contributed by atoms with Crippen molar-refractivity contribution < 1.29 is 41.2 Å². The molecule has 7 heteroatoms. The molecule has 42 heavy (non-hydrogen) atoms. The van der Waals surface area contributed by atoms with Crippen LogP contribution >= 0.6 is 0 Å². The van der Waals surface area contributed by atoms with Gasteiger partial charge in [0.25, 0.3) is 0 Å². The first-order valence-corrected chi connectivity index (χ1v) is 17.1. The number of fused-ring (bicyclic) bond motifs is 5. The second-order valence-electron chi connectivity index (χ2n) is 15.7. The minimum absolute atomic E-state index is 0. The van der Waals surface area contributed by atoms with Gasteiger partial charge in [-0.2, -0.15) is 0 Å². The molecule has 3 N–H and O–H groups in total. The first-order chi connectivity index (χ1) is 19.5. The number of amides is 1. The molecule has 4 rings (SSSR count). The Hall–Kier alpha value is -0.630. The van der Waals surface area contributed by atoms with Gasteiger partial charge in [0.15, 0.2) is 0 Å². The Morgan fingerprint density at radius 1 is 1.02 bits per heavy atom. The van der Waals surface area contributed by atoms with Gasteiger partial charge in [0, 0.05) is 6.42 Å². The van der Waals surface area contributed by atoms with Crippen LogP contribution < -0.4 is 22.3 Å². The Bertz CT molecular complexity index is 905. The molecule has 1 amide bonds. The van der Waals surface area contributed by atoms with Gasteiger partial charge in [-0.05, 0) is 91.3 Å². The Labute approximate surface area is 267 Å². The maximum Gasteiger partial charge on any atom is 0.407 e. The third kappa shape index (κ3) is 7.77. The maximum absolute atomic E-state index is 12.7. The Morgan fingerprint density at radius 2 is 1.74 bits per heavy atom. The fourth-order valence-electron chi connectivity index (χ4n) is 10.2. The van der Waals surface area contributed by atoms with E-state index >= 15 is 0 Å². The minimum Gasteiger partial charge on any atom is -1.00 e. The number of hydrogen-bond donors (Lipinski definition) is 3. The summed E-state index contributed by atoms with van der Waals surface area (Å²) < 4.78 is 6.46. The lowest BCUT2D eigenvalue weighted by Crippen LogP contribution is -3.00. The summed E-state index contributed by atoms with van der Waals surface area (Å²) in [6.45, 7) is 14.9. The number of nitrogens with zero attached hydrogens (tertiary/aromatic N) is 1. The summed E-state index contributed by atoms with van der Waals surface area (Å²) in [6.07, 6.45) is 16.2. The predicted molar refractivity (Wildman–Crippen MR) is 166 cm³/mol. The molecule has 3 fully saturated rings. The van der Waals surface area contributed by atoms with E-state index in [0.717, 1.165) is 54.8 Å². The van der Waals surface area contributed by atoms with Crippen molar-refractivity contribution in [1.29, 1.82) is 0 Å². The van der Waals surface area contributed by atoms with E-state index in [4.69, 9.17) is 4.74 Å². The number of alkyl carbamates (subject to hydrolysis) is 1. The number of carbonyl (C=O) groups excluding carboxylic acids is 1. The van der Waals surface area contributed by atoms with E-state index < -0.39 is 0 Å². The maximum atomic E-state index is 12.7. The molecule has 4 aliphatic rings. The van der Waals surface area contributed by atoms with E-state index in [0.29, 0.717) is 36.1 Å².